The zero-order valence-corrected chi connectivity index (χ0v) is 11.6. The van der Waals surface area contributed by atoms with Gasteiger partial charge >= 0.3 is 0 Å². The Bertz CT molecular complexity index is 419. The summed E-state index contributed by atoms with van der Waals surface area (Å²) in [6.45, 7) is 3.08. The molecule has 1 saturated carbocycles. The summed E-state index contributed by atoms with van der Waals surface area (Å²) in [6, 6.07) is 8.87. The van der Waals surface area contributed by atoms with Crippen LogP contribution in [-0.2, 0) is 11.2 Å². The van der Waals surface area contributed by atoms with Gasteiger partial charge in [0.05, 0.1) is 12.7 Å². The number of benzene rings is 1. The second-order valence-electron chi connectivity index (χ2n) is 5.75. The number of hydrogen-bond acceptors (Lipinski definition) is 3. The summed E-state index contributed by atoms with van der Waals surface area (Å²) in [6.07, 6.45) is 6.77. The van der Waals surface area contributed by atoms with Crippen LogP contribution in [-0.4, -0.2) is 36.7 Å². The van der Waals surface area contributed by atoms with Gasteiger partial charge in [0.25, 0.3) is 0 Å². The highest BCUT2D eigenvalue weighted by atomic mass is 16.5. The molecule has 0 aromatic heterocycles. The smallest absolute Gasteiger partial charge is 0.0730 e. The fourth-order valence-electron chi connectivity index (χ4n) is 3.48. The molecule has 2 unspecified atom stereocenters. The Morgan fingerprint density at radius 2 is 2.05 bits per heavy atom. The third-order valence-corrected chi connectivity index (χ3v) is 4.57. The number of nitrogen functional groups attached to an aromatic ring is 1. The highest BCUT2D eigenvalue weighted by molar-refractivity contribution is 5.46. The van der Waals surface area contributed by atoms with Crippen molar-refractivity contribution in [3.8, 4) is 0 Å². The van der Waals surface area contributed by atoms with Crippen molar-refractivity contribution in [2.45, 2.75) is 44.2 Å². The number of ether oxygens (including phenoxy) is 1. The van der Waals surface area contributed by atoms with Crippen LogP contribution in [0.15, 0.2) is 24.3 Å². The maximum Gasteiger partial charge on any atom is 0.0730 e. The van der Waals surface area contributed by atoms with Crippen LogP contribution in [0.5, 0.6) is 0 Å². The molecule has 1 heterocycles. The molecule has 19 heavy (non-hydrogen) atoms. The fraction of sp³-hybridized carbons (Fsp3) is 0.625. The van der Waals surface area contributed by atoms with Crippen LogP contribution in [0.3, 0.4) is 0 Å². The zero-order chi connectivity index (χ0) is 13.1. The standard InChI is InChI=1S/C16H24N2O/c17-14-6-2-1-5-13(14)9-10-18-11-12-19-16-8-4-3-7-15(16)18/h1-2,5-6,15-16H,3-4,7-12,17H2. The minimum atomic E-state index is 0.482. The summed E-state index contributed by atoms with van der Waals surface area (Å²) in [5.74, 6) is 0. The number of morpholine rings is 1. The molecule has 2 aliphatic rings. The van der Waals surface area contributed by atoms with Gasteiger partial charge in [-0.05, 0) is 30.9 Å². The third kappa shape index (κ3) is 2.93. The fourth-order valence-corrected chi connectivity index (χ4v) is 3.48. The van der Waals surface area contributed by atoms with E-state index in [-0.39, 0.29) is 0 Å². The van der Waals surface area contributed by atoms with Crippen molar-refractivity contribution in [3.05, 3.63) is 29.8 Å². The molecule has 2 N–H and O–H groups in total. The van der Waals surface area contributed by atoms with Crippen molar-refractivity contribution in [3.63, 3.8) is 0 Å². The zero-order valence-electron chi connectivity index (χ0n) is 11.6. The Balaban J connectivity index is 1.61. The summed E-state index contributed by atoms with van der Waals surface area (Å²) in [5.41, 5.74) is 8.23. The van der Waals surface area contributed by atoms with Gasteiger partial charge in [0.1, 0.15) is 0 Å². The van der Waals surface area contributed by atoms with Crippen LogP contribution >= 0.6 is 0 Å². The van der Waals surface area contributed by atoms with Crippen molar-refractivity contribution in [2.24, 2.45) is 0 Å². The summed E-state index contributed by atoms with van der Waals surface area (Å²) < 4.78 is 5.92. The Kier molecular flexibility index (Phi) is 4.04. The van der Waals surface area contributed by atoms with E-state index in [1.807, 2.05) is 12.1 Å². The number of para-hydroxylation sites is 1. The van der Waals surface area contributed by atoms with Gasteiger partial charge in [-0.1, -0.05) is 31.0 Å². The van der Waals surface area contributed by atoms with Crippen molar-refractivity contribution >= 4 is 5.69 Å². The van der Waals surface area contributed by atoms with Crippen molar-refractivity contribution < 1.29 is 4.74 Å². The largest absolute Gasteiger partial charge is 0.399 e. The maximum absolute atomic E-state index is 6.02. The highest BCUT2D eigenvalue weighted by Crippen LogP contribution is 2.28. The lowest BCUT2D eigenvalue weighted by atomic mass is 9.90. The predicted octanol–water partition coefficient (Wildman–Crippen LogP) is 2.45. The van der Waals surface area contributed by atoms with E-state index < -0.39 is 0 Å². The van der Waals surface area contributed by atoms with Gasteiger partial charge < -0.3 is 10.5 Å². The molecule has 0 amide bonds. The molecule has 3 heteroatoms. The predicted molar refractivity (Wildman–Crippen MR) is 78.1 cm³/mol. The first kappa shape index (κ1) is 12.9. The lowest BCUT2D eigenvalue weighted by Gasteiger charge is -2.44. The van der Waals surface area contributed by atoms with E-state index >= 15 is 0 Å². The number of hydrogen-bond donors (Lipinski definition) is 1. The van der Waals surface area contributed by atoms with E-state index in [2.05, 4.69) is 17.0 Å². The van der Waals surface area contributed by atoms with Crippen LogP contribution < -0.4 is 5.73 Å². The quantitative estimate of drug-likeness (QED) is 0.848. The second-order valence-corrected chi connectivity index (χ2v) is 5.75. The molecule has 1 aromatic rings. The molecule has 3 nitrogen and oxygen atoms in total. The highest BCUT2D eigenvalue weighted by Gasteiger charge is 2.33. The van der Waals surface area contributed by atoms with E-state index in [0.29, 0.717) is 12.1 Å². The summed E-state index contributed by atoms with van der Waals surface area (Å²) in [4.78, 5) is 2.62. The maximum atomic E-state index is 6.02. The number of nitrogens with two attached hydrogens (primary N) is 1. The first-order valence-electron chi connectivity index (χ1n) is 7.53. The van der Waals surface area contributed by atoms with E-state index in [1.54, 1.807) is 0 Å². The Hall–Kier alpha value is -1.06. The molecule has 0 radical (unpaired) electrons. The molecule has 0 bridgehead atoms. The molecule has 1 aliphatic heterocycles. The molecule has 2 fully saturated rings. The number of rotatable bonds is 3. The van der Waals surface area contributed by atoms with E-state index in [9.17, 15) is 0 Å². The molecule has 1 aromatic carbocycles. The molecular weight excluding hydrogens is 236 g/mol. The lowest BCUT2D eigenvalue weighted by Crippen LogP contribution is -2.53. The Labute approximate surface area is 115 Å². The van der Waals surface area contributed by atoms with Crippen LogP contribution in [0.2, 0.25) is 0 Å². The Morgan fingerprint density at radius 1 is 1.21 bits per heavy atom. The van der Waals surface area contributed by atoms with Gasteiger partial charge in [0.2, 0.25) is 0 Å². The summed E-state index contributed by atoms with van der Waals surface area (Å²) >= 11 is 0. The molecule has 1 aliphatic carbocycles. The first-order chi connectivity index (χ1) is 9.34. The number of fused-ring (bicyclic) bond motifs is 1. The minimum Gasteiger partial charge on any atom is -0.399 e. The van der Waals surface area contributed by atoms with Crippen LogP contribution in [0.4, 0.5) is 5.69 Å². The number of anilines is 1. The normalized spacial score (nSPS) is 28.0. The van der Waals surface area contributed by atoms with Gasteiger partial charge in [-0.3, -0.25) is 4.90 Å². The lowest BCUT2D eigenvalue weighted by molar-refractivity contribution is -0.0875. The van der Waals surface area contributed by atoms with Crippen molar-refractivity contribution in [1.29, 1.82) is 0 Å². The van der Waals surface area contributed by atoms with Crippen LogP contribution in [0.1, 0.15) is 31.2 Å². The van der Waals surface area contributed by atoms with Crippen molar-refractivity contribution in [1.82, 2.24) is 4.90 Å². The third-order valence-electron chi connectivity index (χ3n) is 4.57. The monoisotopic (exact) mass is 260 g/mol. The van der Waals surface area contributed by atoms with Crippen LogP contribution in [0, 0.1) is 0 Å². The van der Waals surface area contributed by atoms with Gasteiger partial charge in [0.15, 0.2) is 0 Å². The van der Waals surface area contributed by atoms with Crippen LogP contribution in [0.25, 0.3) is 0 Å². The summed E-state index contributed by atoms with van der Waals surface area (Å²) in [5, 5.41) is 0. The van der Waals surface area contributed by atoms with E-state index in [0.717, 1.165) is 31.8 Å². The average Bonchev–Trinajstić information content (AvgIpc) is 2.46. The van der Waals surface area contributed by atoms with Gasteiger partial charge in [-0.15, -0.1) is 0 Å². The summed E-state index contributed by atoms with van der Waals surface area (Å²) in [7, 11) is 0. The Morgan fingerprint density at radius 3 is 2.95 bits per heavy atom. The molecule has 104 valence electrons. The minimum absolute atomic E-state index is 0.482. The average molecular weight is 260 g/mol. The second kappa shape index (κ2) is 5.93. The molecule has 2 atom stereocenters. The molecule has 3 rings (SSSR count). The van der Waals surface area contributed by atoms with Gasteiger partial charge in [0, 0.05) is 24.8 Å². The van der Waals surface area contributed by atoms with Gasteiger partial charge in [-0.2, -0.15) is 0 Å². The molecule has 0 spiro atoms. The number of nitrogens with zero attached hydrogens (tertiary/aromatic N) is 1. The molecular formula is C16H24N2O. The SMILES string of the molecule is Nc1ccccc1CCN1CCOC2CCCCC21. The van der Waals surface area contributed by atoms with E-state index in [4.69, 9.17) is 10.5 Å². The van der Waals surface area contributed by atoms with Gasteiger partial charge in [-0.25, -0.2) is 0 Å². The van der Waals surface area contributed by atoms with Crippen molar-refractivity contribution in [2.75, 3.05) is 25.4 Å². The molecule has 1 saturated heterocycles. The van der Waals surface area contributed by atoms with E-state index in [1.165, 1.54) is 31.2 Å². The topological polar surface area (TPSA) is 38.5 Å². The first-order valence-corrected chi connectivity index (χ1v) is 7.53.